The normalized spacial score (nSPS) is 19.6. The minimum absolute atomic E-state index is 0.0758. The van der Waals surface area contributed by atoms with E-state index in [9.17, 15) is 4.79 Å². The molecule has 1 aromatic rings. The van der Waals surface area contributed by atoms with Crippen molar-refractivity contribution in [2.75, 3.05) is 39.0 Å². The lowest BCUT2D eigenvalue weighted by molar-refractivity contribution is 0.0644. The summed E-state index contributed by atoms with van der Waals surface area (Å²) >= 11 is 0. The van der Waals surface area contributed by atoms with E-state index in [1.807, 2.05) is 24.9 Å². The van der Waals surface area contributed by atoms with Gasteiger partial charge in [0.1, 0.15) is 5.82 Å². The molecule has 1 amide bonds. The van der Waals surface area contributed by atoms with Crippen LogP contribution in [-0.4, -0.2) is 60.5 Å². The van der Waals surface area contributed by atoms with Gasteiger partial charge in [-0.3, -0.25) is 4.79 Å². The number of nitrogens with zero attached hydrogens (tertiary/aromatic N) is 3. The highest BCUT2D eigenvalue weighted by molar-refractivity contribution is 5.94. The summed E-state index contributed by atoms with van der Waals surface area (Å²) in [5.74, 6) is 0.833. The monoisotopic (exact) mass is 276 g/mol. The van der Waals surface area contributed by atoms with Gasteiger partial charge < -0.3 is 15.1 Å². The summed E-state index contributed by atoms with van der Waals surface area (Å²) in [6.45, 7) is 4.89. The minimum Gasteiger partial charge on any atom is -0.370 e. The number of nitrogens with one attached hydrogen (secondary N) is 1. The molecule has 0 aromatic carbocycles. The average molecular weight is 276 g/mol. The molecule has 0 saturated carbocycles. The number of carbonyl (C=O) groups is 1. The van der Waals surface area contributed by atoms with Gasteiger partial charge in [0.05, 0.1) is 0 Å². The van der Waals surface area contributed by atoms with Crippen molar-refractivity contribution in [1.82, 2.24) is 14.8 Å². The summed E-state index contributed by atoms with van der Waals surface area (Å²) in [6.07, 6.45) is 3.92. The number of piperidine rings is 1. The Kier molecular flexibility index (Phi) is 4.95. The second-order valence-electron chi connectivity index (χ2n) is 5.43. The highest BCUT2D eigenvalue weighted by Gasteiger charge is 2.25. The van der Waals surface area contributed by atoms with Crippen LogP contribution in [0.1, 0.15) is 30.1 Å². The number of amides is 1. The van der Waals surface area contributed by atoms with Gasteiger partial charge in [-0.2, -0.15) is 0 Å². The van der Waals surface area contributed by atoms with Crippen molar-refractivity contribution in [3.05, 3.63) is 23.9 Å². The van der Waals surface area contributed by atoms with E-state index in [1.165, 1.54) is 0 Å². The van der Waals surface area contributed by atoms with Crippen molar-refractivity contribution in [1.29, 1.82) is 0 Å². The van der Waals surface area contributed by atoms with E-state index < -0.39 is 0 Å². The Bertz CT molecular complexity index is 463. The Morgan fingerprint density at radius 2 is 2.40 bits per heavy atom. The van der Waals surface area contributed by atoms with Gasteiger partial charge in [0, 0.05) is 37.9 Å². The smallest absolute Gasteiger partial charge is 0.254 e. The van der Waals surface area contributed by atoms with Gasteiger partial charge in [0.2, 0.25) is 0 Å². The van der Waals surface area contributed by atoms with Crippen LogP contribution >= 0.6 is 0 Å². The van der Waals surface area contributed by atoms with Crippen molar-refractivity contribution < 1.29 is 4.79 Å². The highest BCUT2D eigenvalue weighted by atomic mass is 16.2. The molecule has 1 aromatic heterocycles. The van der Waals surface area contributed by atoms with Crippen LogP contribution in [0.3, 0.4) is 0 Å². The summed E-state index contributed by atoms with van der Waals surface area (Å²) in [7, 11) is 4.01. The molecular weight excluding hydrogens is 252 g/mol. The quantitative estimate of drug-likeness (QED) is 0.909. The molecule has 0 bridgehead atoms. The molecular formula is C15H24N4O. The molecule has 1 unspecified atom stereocenters. The van der Waals surface area contributed by atoms with E-state index in [0.29, 0.717) is 11.6 Å². The van der Waals surface area contributed by atoms with Crippen LogP contribution in [0, 0.1) is 0 Å². The highest BCUT2D eigenvalue weighted by Crippen LogP contribution is 2.17. The van der Waals surface area contributed by atoms with Gasteiger partial charge in [0.25, 0.3) is 5.91 Å². The summed E-state index contributed by atoms with van der Waals surface area (Å²) < 4.78 is 0. The number of hydrogen-bond donors (Lipinski definition) is 1. The molecule has 1 fully saturated rings. The van der Waals surface area contributed by atoms with Gasteiger partial charge >= 0.3 is 0 Å². The maximum absolute atomic E-state index is 12.6. The fourth-order valence-electron chi connectivity index (χ4n) is 2.67. The Morgan fingerprint density at radius 1 is 1.60 bits per heavy atom. The van der Waals surface area contributed by atoms with Gasteiger partial charge in [-0.05, 0) is 45.5 Å². The first kappa shape index (κ1) is 14.8. The van der Waals surface area contributed by atoms with Crippen LogP contribution in [0.4, 0.5) is 5.82 Å². The van der Waals surface area contributed by atoms with Gasteiger partial charge in [-0.1, -0.05) is 0 Å². The third kappa shape index (κ3) is 3.48. The zero-order valence-corrected chi connectivity index (χ0v) is 12.6. The molecule has 0 spiro atoms. The number of likely N-dealkylation sites (tertiary alicyclic amines) is 1. The van der Waals surface area contributed by atoms with E-state index in [-0.39, 0.29) is 5.91 Å². The van der Waals surface area contributed by atoms with Crippen molar-refractivity contribution in [3.8, 4) is 0 Å². The molecule has 1 aliphatic rings. The number of rotatable bonds is 4. The molecule has 2 rings (SSSR count). The summed E-state index contributed by atoms with van der Waals surface area (Å²) in [5, 5.41) is 3.14. The Balaban J connectivity index is 2.07. The van der Waals surface area contributed by atoms with Crippen LogP contribution < -0.4 is 5.32 Å². The fourth-order valence-corrected chi connectivity index (χ4v) is 2.67. The number of carbonyl (C=O) groups excluding carboxylic acids is 1. The Hall–Kier alpha value is -1.62. The lowest BCUT2D eigenvalue weighted by Crippen LogP contribution is -2.47. The van der Waals surface area contributed by atoms with E-state index >= 15 is 0 Å². The minimum atomic E-state index is 0.0758. The van der Waals surface area contributed by atoms with Gasteiger partial charge in [-0.15, -0.1) is 0 Å². The maximum atomic E-state index is 12.6. The van der Waals surface area contributed by atoms with Crippen molar-refractivity contribution in [2.24, 2.45) is 0 Å². The maximum Gasteiger partial charge on any atom is 0.254 e. The average Bonchev–Trinajstić information content (AvgIpc) is 2.46. The van der Waals surface area contributed by atoms with E-state index in [1.54, 1.807) is 12.3 Å². The van der Waals surface area contributed by atoms with Crippen molar-refractivity contribution in [3.63, 3.8) is 0 Å². The molecule has 110 valence electrons. The Labute approximate surface area is 121 Å². The van der Waals surface area contributed by atoms with Crippen LogP contribution in [0.2, 0.25) is 0 Å². The van der Waals surface area contributed by atoms with Crippen LogP contribution in [0.5, 0.6) is 0 Å². The van der Waals surface area contributed by atoms with Crippen LogP contribution in [-0.2, 0) is 0 Å². The van der Waals surface area contributed by atoms with Crippen molar-refractivity contribution >= 4 is 11.7 Å². The number of anilines is 1. The predicted molar refractivity (Wildman–Crippen MR) is 81.0 cm³/mol. The van der Waals surface area contributed by atoms with Crippen LogP contribution in [0.15, 0.2) is 18.3 Å². The first-order chi connectivity index (χ1) is 9.61. The molecule has 1 aliphatic heterocycles. The van der Waals surface area contributed by atoms with Gasteiger partial charge in [0.15, 0.2) is 0 Å². The molecule has 1 atom stereocenters. The fraction of sp³-hybridized carbons (Fsp3) is 0.600. The molecule has 0 aliphatic carbocycles. The Morgan fingerprint density at radius 3 is 3.10 bits per heavy atom. The molecule has 5 heteroatoms. The molecule has 1 N–H and O–H groups in total. The van der Waals surface area contributed by atoms with E-state index in [0.717, 1.165) is 38.3 Å². The first-order valence-electron chi connectivity index (χ1n) is 7.27. The third-order valence-electron chi connectivity index (χ3n) is 3.83. The summed E-state index contributed by atoms with van der Waals surface area (Å²) in [6, 6.07) is 3.91. The molecule has 20 heavy (non-hydrogen) atoms. The number of likely N-dealkylation sites (N-methyl/N-ethyl adjacent to an activating group) is 2. The SMILES string of the molecule is CCNc1cc(C(=O)N(C)C2CCCN(C)C2)ccn1. The number of pyridine rings is 1. The second-order valence-corrected chi connectivity index (χ2v) is 5.43. The lowest BCUT2D eigenvalue weighted by atomic mass is 10.0. The van der Waals surface area contributed by atoms with E-state index in [4.69, 9.17) is 0 Å². The topological polar surface area (TPSA) is 48.5 Å². The molecule has 2 heterocycles. The number of aromatic nitrogens is 1. The largest absolute Gasteiger partial charge is 0.370 e. The molecule has 1 saturated heterocycles. The van der Waals surface area contributed by atoms with Crippen molar-refractivity contribution in [2.45, 2.75) is 25.8 Å². The van der Waals surface area contributed by atoms with Crippen LogP contribution in [0.25, 0.3) is 0 Å². The van der Waals surface area contributed by atoms with Gasteiger partial charge in [-0.25, -0.2) is 4.98 Å². The standard InChI is InChI=1S/C15H24N4O/c1-4-16-14-10-12(7-8-17-14)15(20)19(3)13-6-5-9-18(2)11-13/h7-8,10,13H,4-6,9,11H2,1-3H3,(H,16,17). The molecule has 0 radical (unpaired) electrons. The zero-order chi connectivity index (χ0) is 14.5. The lowest BCUT2D eigenvalue weighted by Gasteiger charge is -2.35. The first-order valence-corrected chi connectivity index (χ1v) is 7.27. The predicted octanol–water partition coefficient (Wildman–Crippen LogP) is 1.68. The second kappa shape index (κ2) is 6.70. The summed E-state index contributed by atoms with van der Waals surface area (Å²) in [5.41, 5.74) is 0.701. The summed E-state index contributed by atoms with van der Waals surface area (Å²) in [4.78, 5) is 20.9. The number of hydrogen-bond acceptors (Lipinski definition) is 4. The molecule has 5 nitrogen and oxygen atoms in total. The third-order valence-corrected chi connectivity index (χ3v) is 3.83. The zero-order valence-electron chi connectivity index (χ0n) is 12.6. The van der Waals surface area contributed by atoms with E-state index in [2.05, 4.69) is 22.2 Å².